The van der Waals surface area contributed by atoms with Crippen LogP contribution in [0.15, 0.2) is 24.3 Å². The van der Waals surface area contributed by atoms with Crippen molar-refractivity contribution in [2.45, 2.75) is 70.1 Å². The van der Waals surface area contributed by atoms with Crippen LogP contribution in [0.1, 0.15) is 62.2 Å². The Morgan fingerprint density at radius 2 is 1.96 bits per heavy atom. The minimum atomic E-state index is -0.489. The summed E-state index contributed by atoms with van der Waals surface area (Å²) in [6.45, 7) is 2.50. The number of piperidine rings is 1. The smallest absolute Gasteiger partial charge is 0.254 e. The molecule has 1 aromatic carbocycles. The number of hydrogen-bond acceptors (Lipinski definition) is 3. The van der Waals surface area contributed by atoms with E-state index < -0.39 is 6.10 Å². The highest BCUT2D eigenvalue weighted by Crippen LogP contribution is 2.26. The Balaban J connectivity index is 1.73. The van der Waals surface area contributed by atoms with Gasteiger partial charge in [0.1, 0.15) is 5.75 Å². The third kappa shape index (κ3) is 3.86. The Morgan fingerprint density at radius 1 is 1.22 bits per heavy atom. The normalized spacial score (nSPS) is 23.7. The van der Waals surface area contributed by atoms with Crippen LogP contribution in [-0.4, -0.2) is 40.7 Å². The molecule has 23 heavy (non-hydrogen) atoms. The molecule has 2 atom stereocenters. The first-order chi connectivity index (χ1) is 11.1. The average molecular weight is 317 g/mol. The standard InChI is InChI=1S/C19H27NO3/c1-14(21)18-11-4-5-12-20(18)19(22)15-7-6-10-17(13-15)23-16-8-2-3-9-16/h6-7,10,13-14,16,18,21H,2-5,8-9,11-12H2,1H3. The number of rotatable bonds is 4. The van der Waals surface area contributed by atoms with Crippen molar-refractivity contribution < 1.29 is 14.6 Å². The van der Waals surface area contributed by atoms with Gasteiger partial charge in [0.15, 0.2) is 0 Å². The predicted octanol–water partition coefficient (Wildman–Crippen LogP) is 3.38. The molecule has 1 N–H and O–H groups in total. The van der Waals surface area contributed by atoms with Crippen LogP contribution in [0.5, 0.6) is 5.75 Å². The molecule has 1 amide bonds. The van der Waals surface area contributed by atoms with Gasteiger partial charge in [-0.15, -0.1) is 0 Å². The highest BCUT2D eigenvalue weighted by atomic mass is 16.5. The predicted molar refractivity (Wildman–Crippen MR) is 89.7 cm³/mol. The molecule has 126 valence electrons. The molecule has 1 saturated carbocycles. The molecule has 0 aromatic heterocycles. The number of benzene rings is 1. The molecule has 3 rings (SSSR count). The quantitative estimate of drug-likeness (QED) is 0.926. The molecule has 0 spiro atoms. The Bertz CT molecular complexity index is 537. The first-order valence-electron chi connectivity index (χ1n) is 8.91. The molecule has 2 unspecified atom stereocenters. The van der Waals surface area contributed by atoms with Crippen LogP contribution in [0.2, 0.25) is 0 Å². The van der Waals surface area contributed by atoms with Crippen molar-refractivity contribution in [2.24, 2.45) is 0 Å². The third-order valence-electron chi connectivity index (χ3n) is 5.05. The Kier molecular flexibility index (Phi) is 5.21. The lowest BCUT2D eigenvalue weighted by Gasteiger charge is -2.37. The van der Waals surface area contributed by atoms with Crippen LogP contribution >= 0.6 is 0 Å². The lowest BCUT2D eigenvalue weighted by Crippen LogP contribution is -2.48. The van der Waals surface area contributed by atoms with Gasteiger partial charge in [-0.1, -0.05) is 6.07 Å². The molecule has 2 aliphatic rings. The summed E-state index contributed by atoms with van der Waals surface area (Å²) in [5, 5.41) is 9.97. The topological polar surface area (TPSA) is 49.8 Å². The summed E-state index contributed by atoms with van der Waals surface area (Å²) in [7, 11) is 0. The maximum Gasteiger partial charge on any atom is 0.254 e. The second-order valence-electron chi connectivity index (χ2n) is 6.85. The summed E-state index contributed by atoms with van der Waals surface area (Å²) in [6.07, 6.45) is 7.43. The van der Waals surface area contributed by atoms with Crippen LogP contribution in [0.3, 0.4) is 0 Å². The maximum atomic E-state index is 12.9. The number of carbonyl (C=O) groups is 1. The first kappa shape index (κ1) is 16.3. The molecule has 1 aliphatic carbocycles. The van der Waals surface area contributed by atoms with Crippen molar-refractivity contribution in [1.29, 1.82) is 0 Å². The van der Waals surface area contributed by atoms with Gasteiger partial charge in [0, 0.05) is 12.1 Å². The van der Waals surface area contributed by atoms with Crippen molar-refractivity contribution in [3.8, 4) is 5.75 Å². The molecule has 1 aromatic rings. The lowest BCUT2D eigenvalue weighted by molar-refractivity contribution is 0.0280. The highest BCUT2D eigenvalue weighted by molar-refractivity contribution is 5.95. The summed E-state index contributed by atoms with van der Waals surface area (Å²) in [5.41, 5.74) is 0.660. The first-order valence-corrected chi connectivity index (χ1v) is 8.91. The van der Waals surface area contributed by atoms with Crippen molar-refractivity contribution in [2.75, 3.05) is 6.54 Å². The Morgan fingerprint density at radius 3 is 2.70 bits per heavy atom. The van der Waals surface area contributed by atoms with Gasteiger partial charge in [0.25, 0.3) is 5.91 Å². The van der Waals surface area contributed by atoms with Gasteiger partial charge < -0.3 is 14.7 Å². The van der Waals surface area contributed by atoms with E-state index in [0.717, 1.165) is 44.4 Å². The lowest BCUT2D eigenvalue weighted by atomic mass is 9.97. The fourth-order valence-electron chi connectivity index (χ4n) is 3.78. The monoisotopic (exact) mass is 317 g/mol. The zero-order chi connectivity index (χ0) is 16.2. The van der Waals surface area contributed by atoms with Gasteiger partial charge in [0.2, 0.25) is 0 Å². The molecular formula is C19H27NO3. The summed E-state index contributed by atoms with van der Waals surface area (Å²) >= 11 is 0. The van der Waals surface area contributed by atoms with Crippen LogP contribution in [0.4, 0.5) is 0 Å². The summed E-state index contributed by atoms with van der Waals surface area (Å²) in [5.74, 6) is 0.792. The van der Waals surface area contributed by atoms with E-state index in [1.54, 1.807) is 6.92 Å². The Labute approximate surface area is 138 Å². The number of hydrogen-bond donors (Lipinski definition) is 1. The van der Waals surface area contributed by atoms with Crippen LogP contribution < -0.4 is 4.74 Å². The summed E-state index contributed by atoms with van der Waals surface area (Å²) in [6, 6.07) is 7.44. The van der Waals surface area contributed by atoms with Crippen molar-refractivity contribution in [3.05, 3.63) is 29.8 Å². The largest absolute Gasteiger partial charge is 0.490 e. The number of aliphatic hydroxyl groups excluding tert-OH is 1. The molecule has 4 nitrogen and oxygen atoms in total. The molecule has 1 heterocycles. The van der Waals surface area contributed by atoms with E-state index in [1.165, 1.54) is 12.8 Å². The molecule has 1 saturated heterocycles. The van der Waals surface area contributed by atoms with Gasteiger partial charge in [-0.05, 0) is 70.1 Å². The summed E-state index contributed by atoms with van der Waals surface area (Å²) < 4.78 is 6.01. The second-order valence-corrected chi connectivity index (χ2v) is 6.85. The van der Waals surface area contributed by atoms with Gasteiger partial charge in [0.05, 0.1) is 18.2 Å². The van der Waals surface area contributed by atoms with Gasteiger partial charge >= 0.3 is 0 Å². The molecule has 2 fully saturated rings. The zero-order valence-electron chi connectivity index (χ0n) is 13.9. The van der Waals surface area contributed by atoms with Crippen molar-refractivity contribution >= 4 is 5.91 Å². The highest BCUT2D eigenvalue weighted by Gasteiger charge is 2.30. The fraction of sp³-hybridized carbons (Fsp3) is 0.632. The van der Waals surface area contributed by atoms with Gasteiger partial charge in [-0.25, -0.2) is 0 Å². The van der Waals surface area contributed by atoms with Crippen LogP contribution in [0.25, 0.3) is 0 Å². The van der Waals surface area contributed by atoms with Crippen molar-refractivity contribution in [3.63, 3.8) is 0 Å². The third-order valence-corrected chi connectivity index (χ3v) is 5.05. The van der Waals surface area contributed by atoms with Crippen LogP contribution in [-0.2, 0) is 0 Å². The van der Waals surface area contributed by atoms with Gasteiger partial charge in [-0.2, -0.15) is 0 Å². The van der Waals surface area contributed by atoms with E-state index in [0.29, 0.717) is 11.7 Å². The fourth-order valence-corrected chi connectivity index (χ4v) is 3.78. The summed E-state index contributed by atoms with van der Waals surface area (Å²) in [4.78, 5) is 14.7. The average Bonchev–Trinajstić information content (AvgIpc) is 3.07. The van der Waals surface area contributed by atoms with E-state index in [4.69, 9.17) is 4.74 Å². The second kappa shape index (κ2) is 7.35. The number of amides is 1. The molecule has 4 heteroatoms. The number of likely N-dealkylation sites (tertiary alicyclic amines) is 1. The molecule has 1 aliphatic heterocycles. The van der Waals surface area contributed by atoms with Crippen LogP contribution in [0, 0.1) is 0 Å². The maximum absolute atomic E-state index is 12.9. The van der Waals surface area contributed by atoms with E-state index >= 15 is 0 Å². The van der Waals surface area contributed by atoms with Crippen molar-refractivity contribution in [1.82, 2.24) is 4.90 Å². The van der Waals surface area contributed by atoms with E-state index in [2.05, 4.69) is 0 Å². The van der Waals surface area contributed by atoms with E-state index in [9.17, 15) is 9.90 Å². The Hall–Kier alpha value is -1.55. The van der Waals surface area contributed by atoms with Gasteiger partial charge in [-0.3, -0.25) is 4.79 Å². The zero-order valence-corrected chi connectivity index (χ0v) is 13.9. The minimum absolute atomic E-state index is 0.00692. The molecule has 0 radical (unpaired) electrons. The van der Waals surface area contributed by atoms with E-state index in [-0.39, 0.29) is 11.9 Å². The molecule has 0 bridgehead atoms. The number of aliphatic hydroxyl groups is 1. The van der Waals surface area contributed by atoms with E-state index in [1.807, 2.05) is 29.2 Å². The minimum Gasteiger partial charge on any atom is -0.490 e. The number of nitrogens with zero attached hydrogens (tertiary/aromatic N) is 1. The molecular weight excluding hydrogens is 290 g/mol. The number of ether oxygens (including phenoxy) is 1. The SMILES string of the molecule is CC(O)C1CCCCN1C(=O)c1cccc(OC2CCCC2)c1. The number of carbonyl (C=O) groups excluding carboxylic acids is 1.